The smallest absolute Gasteiger partial charge is 0.341 e. The number of carbonyl (C=O) groups is 3. The van der Waals surface area contributed by atoms with Gasteiger partial charge in [-0.05, 0) is 45.1 Å². The van der Waals surface area contributed by atoms with E-state index in [1.807, 2.05) is 0 Å². The number of ether oxygens (including phenoxy) is 1. The summed E-state index contributed by atoms with van der Waals surface area (Å²) >= 11 is 1.27. The molecule has 0 radical (unpaired) electrons. The number of nitrogens with one attached hydrogen (secondary N) is 2. The summed E-state index contributed by atoms with van der Waals surface area (Å²) in [4.78, 5) is 48.5. The van der Waals surface area contributed by atoms with Crippen molar-refractivity contribution in [3.8, 4) is 0 Å². The van der Waals surface area contributed by atoms with Crippen LogP contribution in [0.2, 0.25) is 0 Å². The van der Waals surface area contributed by atoms with Gasteiger partial charge in [-0.1, -0.05) is 12.1 Å². The maximum Gasteiger partial charge on any atom is 0.341 e. The summed E-state index contributed by atoms with van der Waals surface area (Å²) in [5, 5.41) is 17.5. The number of rotatable bonds is 6. The molecule has 2 amide bonds. The Balaban J connectivity index is 1.73. The first kappa shape index (κ1) is 23.1. The van der Waals surface area contributed by atoms with Crippen molar-refractivity contribution in [1.82, 2.24) is 5.43 Å². The van der Waals surface area contributed by atoms with Gasteiger partial charge in [0.25, 0.3) is 5.69 Å². The van der Waals surface area contributed by atoms with E-state index < -0.39 is 22.7 Å². The number of amides is 2. The molecule has 3 rings (SSSR count). The lowest BCUT2D eigenvalue weighted by Gasteiger charge is -2.12. The van der Waals surface area contributed by atoms with Crippen LogP contribution in [0.4, 0.5) is 10.7 Å². The van der Waals surface area contributed by atoms with E-state index in [0.29, 0.717) is 11.1 Å². The third kappa shape index (κ3) is 5.17. The number of nitro groups is 1. The zero-order valence-corrected chi connectivity index (χ0v) is 18.4. The standard InChI is InChI=1S/C21H22N4O6S/c1-3-31-21(28)17-15-9-4-5-10-16(15)32-20(17)22-18(26)19(27)24-23-12(2)13-7-6-8-14(11-13)25(29)30/h6-8,11H,3-5,9-10H2,1-2H3,(H,22,26)(H,24,27)/b23-12+. The molecular weight excluding hydrogens is 436 g/mol. The average molecular weight is 458 g/mol. The molecule has 32 heavy (non-hydrogen) atoms. The molecule has 0 atom stereocenters. The second-order valence-electron chi connectivity index (χ2n) is 7.04. The predicted octanol–water partition coefficient (Wildman–Crippen LogP) is 3.19. The van der Waals surface area contributed by atoms with E-state index in [1.165, 1.54) is 29.5 Å². The van der Waals surface area contributed by atoms with Crippen molar-refractivity contribution in [3.63, 3.8) is 0 Å². The minimum absolute atomic E-state index is 0.116. The summed E-state index contributed by atoms with van der Waals surface area (Å²) < 4.78 is 5.14. The monoisotopic (exact) mass is 458 g/mol. The summed E-state index contributed by atoms with van der Waals surface area (Å²) in [6, 6.07) is 5.74. The first-order valence-electron chi connectivity index (χ1n) is 10.0. The van der Waals surface area contributed by atoms with Crippen LogP contribution >= 0.6 is 11.3 Å². The fourth-order valence-electron chi connectivity index (χ4n) is 3.33. The first-order valence-corrected chi connectivity index (χ1v) is 10.9. The molecule has 0 bridgehead atoms. The first-order chi connectivity index (χ1) is 15.3. The normalized spacial score (nSPS) is 13.1. The maximum atomic E-state index is 12.5. The summed E-state index contributed by atoms with van der Waals surface area (Å²) in [7, 11) is 0. The molecule has 0 saturated heterocycles. The molecule has 0 fully saturated rings. The van der Waals surface area contributed by atoms with E-state index >= 15 is 0 Å². The Morgan fingerprint density at radius 2 is 1.97 bits per heavy atom. The molecule has 2 N–H and O–H groups in total. The molecule has 2 aromatic rings. The van der Waals surface area contributed by atoms with Crippen molar-refractivity contribution in [3.05, 3.63) is 55.9 Å². The summed E-state index contributed by atoms with van der Waals surface area (Å²) in [5.74, 6) is -2.54. The molecule has 1 aromatic heterocycles. The van der Waals surface area contributed by atoms with Gasteiger partial charge in [0.15, 0.2) is 0 Å². The second-order valence-corrected chi connectivity index (χ2v) is 8.14. The molecule has 1 aliphatic carbocycles. The topological polar surface area (TPSA) is 140 Å². The van der Waals surface area contributed by atoms with Crippen LogP contribution in [0.3, 0.4) is 0 Å². The zero-order valence-electron chi connectivity index (χ0n) is 17.6. The van der Waals surface area contributed by atoms with Crippen molar-refractivity contribution in [2.45, 2.75) is 39.5 Å². The van der Waals surface area contributed by atoms with Crippen molar-refractivity contribution >= 4 is 45.5 Å². The molecule has 0 spiro atoms. The van der Waals surface area contributed by atoms with Gasteiger partial charge in [0.05, 0.1) is 22.8 Å². The van der Waals surface area contributed by atoms with Crippen molar-refractivity contribution in [2.24, 2.45) is 5.10 Å². The minimum Gasteiger partial charge on any atom is -0.462 e. The number of hydrogen-bond donors (Lipinski definition) is 2. The number of hydrazone groups is 1. The minimum atomic E-state index is -1.03. The highest BCUT2D eigenvalue weighted by atomic mass is 32.1. The third-order valence-electron chi connectivity index (χ3n) is 4.88. The van der Waals surface area contributed by atoms with Gasteiger partial charge in [-0.3, -0.25) is 19.7 Å². The Kier molecular flexibility index (Phi) is 7.31. The van der Waals surface area contributed by atoms with Gasteiger partial charge in [-0.25, -0.2) is 10.2 Å². The lowest BCUT2D eigenvalue weighted by atomic mass is 9.95. The van der Waals surface area contributed by atoms with Gasteiger partial charge >= 0.3 is 17.8 Å². The Morgan fingerprint density at radius 3 is 2.69 bits per heavy atom. The summed E-state index contributed by atoms with van der Waals surface area (Å²) in [6.07, 6.45) is 3.46. The molecule has 0 unspecified atom stereocenters. The Hall–Kier alpha value is -3.60. The maximum absolute atomic E-state index is 12.5. The fourth-order valence-corrected chi connectivity index (χ4v) is 4.60. The zero-order chi connectivity index (χ0) is 23.3. The molecule has 11 heteroatoms. The SMILES string of the molecule is CCOC(=O)c1c(NC(=O)C(=O)N/N=C(\C)c2cccc([N+](=O)[O-])c2)sc2c1CCCC2. The van der Waals surface area contributed by atoms with Gasteiger partial charge in [0.1, 0.15) is 5.00 Å². The van der Waals surface area contributed by atoms with Gasteiger partial charge < -0.3 is 10.1 Å². The Bertz CT molecular complexity index is 1110. The number of hydrogen-bond acceptors (Lipinski definition) is 8. The van der Waals surface area contributed by atoms with Crippen LogP contribution in [0, 0.1) is 10.1 Å². The Labute approximate surface area is 187 Å². The van der Waals surface area contributed by atoms with E-state index in [-0.39, 0.29) is 23.0 Å². The number of aryl methyl sites for hydroxylation is 1. The van der Waals surface area contributed by atoms with Crippen LogP contribution < -0.4 is 10.7 Å². The number of nitro benzene ring substituents is 1. The van der Waals surface area contributed by atoms with Gasteiger partial charge in [0, 0.05) is 22.6 Å². The van der Waals surface area contributed by atoms with Crippen LogP contribution in [0.1, 0.15) is 53.1 Å². The highest BCUT2D eigenvalue weighted by molar-refractivity contribution is 7.17. The fraction of sp³-hybridized carbons (Fsp3) is 0.333. The number of carbonyl (C=O) groups excluding carboxylic acids is 3. The molecular formula is C21H22N4O6S. The molecule has 1 aromatic carbocycles. The number of fused-ring (bicyclic) bond motifs is 1. The second kappa shape index (κ2) is 10.1. The highest BCUT2D eigenvalue weighted by Crippen LogP contribution is 2.38. The lowest BCUT2D eigenvalue weighted by molar-refractivity contribution is -0.384. The van der Waals surface area contributed by atoms with Crippen LogP contribution in [-0.4, -0.2) is 35.0 Å². The molecule has 0 aliphatic heterocycles. The third-order valence-corrected chi connectivity index (χ3v) is 6.09. The van der Waals surface area contributed by atoms with E-state index in [1.54, 1.807) is 19.9 Å². The number of esters is 1. The van der Waals surface area contributed by atoms with Crippen LogP contribution in [0.25, 0.3) is 0 Å². The van der Waals surface area contributed by atoms with Crippen LogP contribution in [0.5, 0.6) is 0 Å². The molecule has 0 saturated carbocycles. The molecule has 10 nitrogen and oxygen atoms in total. The summed E-state index contributed by atoms with van der Waals surface area (Å²) in [6.45, 7) is 3.44. The average Bonchev–Trinajstić information content (AvgIpc) is 3.15. The molecule has 1 heterocycles. The van der Waals surface area contributed by atoms with Crippen molar-refractivity contribution < 1.29 is 24.0 Å². The molecule has 1 aliphatic rings. The number of nitrogens with zero attached hydrogens (tertiary/aromatic N) is 2. The molecule has 168 valence electrons. The largest absolute Gasteiger partial charge is 0.462 e. The number of anilines is 1. The van der Waals surface area contributed by atoms with Crippen LogP contribution in [-0.2, 0) is 27.2 Å². The van der Waals surface area contributed by atoms with E-state index in [4.69, 9.17) is 4.74 Å². The lowest BCUT2D eigenvalue weighted by Crippen LogP contribution is -2.33. The van der Waals surface area contributed by atoms with Crippen molar-refractivity contribution in [2.75, 3.05) is 11.9 Å². The van der Waals surface area contributed by atoms with Crippen molar-refractivity contribution in [1.29, 1.82) is 0 Å². The van der Waals surface area contributed by atoms with E-state index in [2.05, 4.69) is 15.8 Å². The van der Waals surface area contributed by atoms with E-state index in [9.17, 15) is 24.5 Å². The Morgan fingerprint density at radius 1 is 1.22 bits per heavy atom. The number of non-ortho nitro benzene ring substituents is 1. The highest BCUT2D eigenvalue weighted by Gasteiger charge is 2.28. The van der Waals surface area contributed by atoms with E-state index in [0.717, 1.165) is 36.1 Å². The van der Waals surface area contributed by atoms with Gasteiger partial charge in [-0.2, -0.15) is 5.10 Å². The van der Waals surface area contributed by atoms with Gasteiger partial charge in [-0.15, -0.1) is 11.3 Å². The summed E-state index contributed by atoms with van der Waals surface area (Å²) in [5.41, 5.74) is 3.92. The predicted molar refractivity (Wildman–Crippen MR) is 119 cm³/mol. The van der Waals surface area contributed by atoms with Gasteiger partial charge in [0.2, 0.25) is 0 Å². The van der Waals surface area contributed by atoms with Crippen LogP contribution in [0.15, 0.2) is 29.4 Å². The quantitative estimate of drug-likeness (QED) is 0.224. The number of thiophene rings is 1. The number of benzene rings is 1.